The van der Waals surface area contributed by atoms with Gasteiger partial charge in [-0.25, -0.2) is 8.78 Å². The maximum Gasteiger partial charge on any atom is 0.159 e. The van der Waals surface area contributed by atoms with Crippen molar-refractivity contribution >= 4 is 0 Å². The first kappa shape index (κ1) is 12.0. The third-order valence-corrected chi connectivity index (χ3v) is 3.16. The van der Waals surface area contributed by atoms with Crippen LogP contribution in [0.3, 0.4) is 0 Å². The van der Waals surface area contributed by atoms with Crippen molar-refractivity contribution in [1.29, 1.82) is 5.26 Å². The molecule has 0 spiro atoms. The molecule has 1 aromatic carbocycles. The summed E-state index contributed by atoms with van der Waals surface area (Å²) in [6.45, 7) is 2.31. The zero-order chi connectivity index (χ0) is 12.3. The first-order valence-corrected chi connectivity index (χ1v) is 5.75. The van der Waals surface area contributed by atoms with Crippen LogP contribution in [0, 0.1) is 28.9 Å². The van der Waals surface area contributed by atoms with Crippen LogP contribution in [0.25, 0.3) is 0 Å². The number of hydrogen-bond acceptors (Lipinski definition) is 2. The average Bonchev–Trinajstić information content (AvgIpc) is 2.35. The summed E-state index contributed by atoms with van der Waals surface area (Å²) in [6.07, 6.45) is 1.72. The van der Waals surface area contributed by atoms with Gasteiger partial charge in [0.25, 0.3) is 0 Å². The van der Waals surface area contributed by atoms with Gasteiger partial charge in [0.15, 0.2) is 11.6 Å². The highest BCUT2D eigenvalue weighted by Gasteiger charge is 2.18. The van der Waals surface area contributed by atoms with Gasteiger partial charge in [-0.2, -0.15) is 5.26 Å². The van der Waals surface area contributed by atoms with E-state index in [4.69, 9.17) is 5.26 Å². The lowest BCUT2D eigenvalue weighted by Crippen LogP contribution is -2.32. The third kappa shape index (κ3) is 3.01. The van der Waals surface area contributed by atoms with Crippen LogP contribution in [0.2, 0.25) is 0 Å². The number of rotatable bonds is 2. The minimum Gasteiger partial charge on any atom is -0.299 e. The fourth-order valence-corrected chi connectivity index (χ4v) is 2.12. The highest BCUT2D eigenvalue weighted by atomic mass is 19.2. The van der Waals surface area contributed by atoms with Gasteiger partial charge in [-0.1, -0.05) is 6.07 Å². The zero-order valence-electron chi connectivity index (χ0n) is 9.50. The second kappa shape index (κ2) is 5.24. The molecule has 0 unspecified atom stereocenters. The molecule has 0 aromatic heterocycles. The van der Waals surface area contributed by atoms with Crippen molar-refractivity contribution < 1.29 is 8.78 Å². The summed E-state index contributed by atoms with van der Waals surface area (Å²) in [7, 11) is 0. The van der Waals surface area contributed by atoms with Crippen LogP contribution in [0.1, 0.15) is 18.4 Å². The molecule has 1 saturated heterocycles. The van der Waals surface area contributed by atoms with E-state index in [1.807, 2.05) is 0 Å². The lowest BCUT2D eigenvalue weighted by atomic mass is 9.98. The van der Waals surface area contributed by atoms with Gasteiger partial charge in [-0.3, -0.25) is 4.90 Å². The molecule has 90 valence electrons. The van der Waals surface area contributed by atoms with Crippen molar-refractivity contribution in [1.82, 2.24) is 4.90 Å². The van der Waals surface area contributed by atoms with Crippen molar-refractivity contribution in [3.63, 3.8) is 0 Å². The van der Waals surface area contributed by atoms with Gasteiger partial charge in [0.2, 0.25) is 0 Å². The molecular weight excluding hydrogens is 222 g/mol. The van der Waals surface area contributed by atoms with E-state index in [0.717, 1.165) is 37.6 Å². The maximum atomic E-state index is 13.0. The molecule has 0 amide bonds. The SMILES string of the molecule is N#CC1CCN(Cc2ccc(F)c(F)c2)CC1. The predicted molar refractivity (Wildman–Crippen MR) is 60.0 cm³/mol. The van der Waals surface area contributed by atoms with Crippen molar-refractivity contribution in [2.45, 2.75) is 19.4 Å². The second-order valence-corrected chi connectivity index (χ2v) is 4.43. The van der Waals surface area contributed by atoms with Crippen molar-refractivity contribution in [3.05, 3.63) is 35.4 Å². The molecule has 0 saturated carbocycles. The van der Waals surface area contributed by atoms with Gasteiger partial charge in [0.1, 0.15) is 0 Å². The van der Waals surface area contributed by atoms with Crippen LogP contribution in [-0.2, 0) is 6.54 Å². The molecule has 1 heterocycles. The molecule has 0 N–H and O–H groups in total. The third-order valence-electron chi connectivity index (χ3n) is 3.16. The van der Waals surface area contributed by atoms with Gasteiger partial charge >= 0.3 is 0 Å². The first-order chi connectivity index (χ1) is 8.19. The van der Waals surface area contributed by atoms with Crippen molar-refractivity contribution in [2.24, 2.45) is 5.92 Å². The summed E-state index contributed by atoms with van der Waals surface area (Å²) in [4.78, 5) is 2.17. The molecule has 0 aliphatic carbocycles. The standard InChI is InChI=1S/C13H14F2N2/c14-12-2-1-11(7-13(12)15)9-17-5-3-10(8-16)4-6-17/h1-2,7,10H,3-6,9H2. The lowest BCUT2D eigenvalue weighted by Gasteiger charge is -2.28. The van der Waals surface area contributed by atoms with Crippen LogP contribution in [0.4, 0.5) is 8.78 Å². The number of nitriles is 1. The number of piperidine rings is 1. The fraction of sp³-hybridized carbons (Fsp3) is 0.462. The summed E-state index contributed by atoms with van der Waals surface area (Å²) in [5, 5.41) is 8.77. The average molecular weight is 236 g/mol. The molecule has 0 bridgehead atoms. The van der Waals surface area contributed by atoms with Crippen LogP contribution >= 0.6 is 0 Å². The minimum absolute atomic E-state index is 0.149. The zero-order valence-corrected chi connectivity index (χ0v) is 9.50. The molecule has 2 nitrogen and oxygen atoms in total. The molecular formula is C13H14F2N2. The molecule has 4 heteroatoms. The van der Waals surface area contributed by atoms with Gasteiger partial charge in [0.05, 0.1) is 6.07 Å². The molecule has 1 aromatic rings. The Kier molecular flexibility index (Phi) is 3.70. The smallest absolute Gasteiger partial charge is 0.159 e. The van der Waals surface area contributed by atoms with Crippen LogP contribution < -0.4 is 0 Å². The van der Waals surface area contributed by atoms with E-state index in [-0.39, 0.29) is 5.92 Å². The van der Waals surface area contributed by atoms with Crippen molar-refractivity contribution in [3.8, 4) is 6.07 Å². The first-order valence-electron chi connectivity index (χ1n) is 5.75. The number of benzene rings is 1. The summed E-state index contributed by atoms with van der Waals surface area (Å²) in [5.41, 5.74) is 0.777. The summed E-state index contributed by atoms with van der Waals surface area (Å²) in [5.74, 6) is -1.46. The summed E-state index contributed by atoms with van der Waals surface area (Å²) in [6, 6.07) is 6.28. The van der Waals surface area contributed by atoms with E-state index in [9.17, 15) is 8.78 Å². The van der Waals surface area contributed by atoms with Gasteiger partial charge in [0, 0.05) is 12.5 Å². The Morgan fingerprint density at radius 1 is 1.24 bits per heavy atom. The maximum absolute atomic E-state index is 13.0. The molecule has 1 aliphatic heterocycles. The van der Waals surface area contributed by atoms with Crippen LogP contribution in [0.5, 0.6) is 0 Å². The summed E-state index contributed by atoms with van der Waals surface area (Å²) >= 11 is 0. The number of likely N-dealkylation sites (tertiary alicyclic amines) is 1. The Hall–Kier alpha value is -1.47. The number of halogens is 2. The quantitative estimate of drug-likeness (QED) is 0.789. The highest BCUT2D eigenvalue weighted by molar-refractivity contribution is 5.17. The molecule has 1 fully saturated rings. The molecule has 2 rings (SSSR count). The van der Waals surface area contributed by atoms with E-state index in [0.29, 0.717) is 6.54 Å². The predicted octanol–water partition coefficient (Wildman–Crippen LogP) is 2.70. The van der Waals surface area contributed by atoms with Crippen molar-refractivity contribution in [2.75, 3.05) is 13.1 Å². The van der Waals surface area contributed by atoms with E-state index in [2.05, 4.69) is 11.0 Å². The molecule has 1 aliphatic rings. The fourth-order valence-electron chi connectivity index (χ4n) is 2.12. The van der Waals surface area contributed by atoms with Gasteiger partial charge in [-0.05, 0) is 43.6 Å². The van der Waals surface area contributed by atoms with Crippen LogP contribution in [-0.4, -0.2) is 18.0 Å². The van der Waals surface area contributed by atoms with Crippen LogP contribution in [0.15, 0.2) is 18.2 Å². The Morgan fingerprint density at radius 2 is 1.94 bits per heavy atom. The number of hydrogen-bond donors (Lipinski definition) is 0. The number of nitrogens with zero attached hydrogens (tertiary/aromatic N) is 2. The van der Waals surface area contributed by atoms with E-state index in [1.54, 1.807) is 6.07 Å². The molecule has 17 heavy (non-hydrogen) atoms. The monoisotopic (exact) mass is 236 g/mol. The van der Waals surface area contributed by atoms with E-state index in [1.165, 1.54) is 6.07 Å². The van der Waals surface area contributed by atoms with E-state index >= 15 is 0 Å². The summed E-state index contributed by atoms with van der Waals surface area (Å²) < 4.78 is 25.8. The topological polar surface area (TPSA) is 27.0 Å². The Bertz CT molecular complexity index is 432. The Labute approximate surface area is 99.5 Å². The normalized spacial score (nSPS) is 17.9. The second-order valence-electron chi connectivity index (χ2n) is 4.43. The highest BCUT2D eigenvalue weighted by Crippen LogP contribution is 2.18. The molecule has 0 atom stereocenters. The lowest BCUT2D eigenvalue weighted by molar-refractivity contribution is 0.198. The van der Waals surface area contributed by atoms with Gasteiger partial charge in [-0.15, -0.1) is 0 Å². The Morgan fingerprint density at radius 3 is 2.53 bits per heavy atom. The minimum atomic E-state index is -0.808. The molecule has 0 radical (unpaired) electrons. The Balaban J connectivity index is 1.93. The van der Waals surface area contributed by atoms with E-state index < -0.39 is 11.6 Å². The largest absolute Gasteiger partial charge is 0.299 e. The van der Waals surface area contributed by atoms with Gasteiger partial charge < -0.3 is 0 Å².